The van der Waals surface area contributed by atoms with Gasteiger partial charge in [0.05, 0.1) is 0 Å². The Morgan fingerprint density at radius 3 is 2.82 bits per heavy atom. The van der Waals surface area contributed by atoms with Crippen molar-refractivity contribution in [3.63, 3.8) is 0 Å². The summed E-state index contributed by atoms with van der Waals surface area (Å²) >= 11 is 0. The van der Waals surface area contributed by atoms with Crippen molar-refractivity contribution < 1.29 is 19.0 Å². The minimum absolute atomic E-state index is 0.153. The number of esters is 1. The maximum absolute atomic E-state index is 11.1. The molecule has 0 saturated carbocycles. The molecule has 0 spiro atoms. The SMILES string of the molecule is CC[C@@]12CC(OC(C)=O)=C[C@@](CC)(O1)[C@H]1O[C@H]12. The van der Waals surface area contributed by atoms with Gasteiger partial charge < -0.3 is 14.2 Å². The van der Waals surface area contributed by atoms with Crippen LogP contribution in [0, 0.1) is 0 Å². The van der Waals surface area contributed by atoms with E-state index in [1.54, 1.807) is 0 Å². The molecule has 0 radical (unpaired) electrons. The highest BCUT2D eigenvalue weighted by molar-refractivity contribution is 5.67. The molecule has 0 unspecified atom stereocenters. The average Bonchev–Trinajstić information content (AvgIpc) is 3.05. The first-order valence-electron chi connectivity index (χ1n) is 6.31. The Kier molecular flexibility index (Phi) is 2.20. The van der Waals surface area contributed by atoms with Crippen LogP contribution in [0.3, 0.4) is 0 Å². The molecule has 94 valence electrons. The van der Waals surface area contributed by atoms with Gasteiger partial charge in [0, 0.05) is 13.3 Å². The molecule has 3 aliphatic rings. The van der Waals surface area contributed by atoms with Gasteiger partial charge in [-0.3, -0.25) is 4.79 Å². The van der Waals surface area contributed by atoms with Crippen molar-refractivity contribution in [2.75, 3.05) is 0 Å². The number of carbonyl (C=O) groups is 1. The van der Waals surface area contributed by atoms with E-state index in [4.69, 9.17) is 14.2 Å². The fourth-order valence-electron chi connectivity index (χ4n) is 3.27. The van der Waals surface area contributed by atoms with Crippen LogP contribution < -0.4 is 0 Å². The van der Waals surface area contributed by atoms with Gasteiger partial charge >= 0.3 is 5.97 Å². The van der Waals surface area contributed by atoms with Gasteiger partial charge in [-0.2, -0.15) is 0 Å². The molecule has 2 fully saturated rings. The Hall–Kier alpha value is -0.870. The topological polar surface area (TPSA) is 48.1 Å². The van der Waals surface area contributed by atoms with Gasteiger partial charge in [0.15, 0.2) is 0 Å². The Morgan fingerprint density at radius 1 is 1.47 bits per heavy atom. The van der Waals surface area contributed by atoms with Crippen LogP contribution in [-0.2, 0) is 19.0 Å². The first-order valence-corrected chi connectivity index (χ1v) is 6.31. The fraction of sp³-hybridized carbons (Fsp3) is 0.769. The van der Waals surface area contributed by atoms with Crippen LogP contribution in [0.25, 0.3) is 0 Å². The van der Waals surface area contributed by atoms with E-state index in [0.29, 0.717) is 6.42 Å². The lowest BCUT2D eigenvalue weighted by Gasteiger charge is -2.40. The standard InChI is InChI=1S/C13H18O4/c1-4-12-6-9(15-8(3)14)7-13(5-2,17-12)11-10(12)16-11/h6,10-11H,4-5,7H2,1-3H3/t10-,11+,12+,13-/m0/s1. The molecule has 3 heterocycles. The van der Waals surface area contributed by atoms with Gasteiger partial charge in [0.2, 0.25) is 0 Å². The fourth-order valence-corrected chi connectivity index (χ4v) is 3.27. The molecule has 0 aromatic heterocycles. The minimum Gasteiger partial charge on any atom is -0.431 e. The summed E-state index contributed by atoms with van der Waals surface area (Å²) in [5.74, 6) is 0.493. The summed E-state index contributed by atoms with van der Waals surface area (Å²) in [6.07, 6.45) is 4.67. The third-order valence-electron chi connectivity index (χ3n) is 4.19. The van der Waals surface area contributed by atoms with E-state index >= 15 is 0 Å². The highest BCUT2D eigenvalue weighted by Gasteiger charge is 2.73. The highest BCUT2D eigenvalue weighted by atomic mass is 16.7. The van der Waals surface area contributed by atoms with Crippen molar-refractivity contribution in [2.24, 2.45) is 0 Å². The van der Waals surface area contributed by atoms with E-state index in [-0.39, 0.29) is 29.4 Å². The number of hydrogen-bond donors (Lipinski definition) is 0. The van der Waals surface area contributed by atoms with Crippen LogP contribution in [-0.4, -0.2) is 29.4 Å². The maximum Gasteiger partial charge on any atom is 0.307 e. The molecule has 0 aromatic rings. The van der Waals surface area contributed by atoms with E-state index in [2.05, 4.69) is 13.8 Å². The molecule has 0 amide bonds. The van der Waals surface area contributed by atoms with Crippen LogP contribution in [0.2, 0.25) is 0 Å². The molecule has 0 aromatic carbocycles. The van der Waals surface area contributed by atoms with E-state index in [1.807, 2.05) is 6.08 Å². The summed E-state index contributed by atoms with van der Waals surface area (Å²) in [5, 5.41) is 0. The van der Waals surface area contributed by atoms with Crippen LogP contribution in [0.5, 0.6) is 0 Å². The Balaban J connectivity index is 1.96. The van der Waals surface area contributed by atoms with E-state index in [9.17, 15) is 4.79 Å². The van der Waals surface area contributed by atoms with Crippen molar-refractivity contribution in [3.05, 3.63) is 11.8 Å². The van der Waals surface area contributed by atoms with Gasteiger partial charge in [0.25, 0.3) is 0 Å². The molecule has 0 N–H and O–H groups in total. The second-order valence-electron chi connectivity index (χ2n) is 5.19. The van der Waals surface area contributed by atoms with Crippen LogP contribution in [0.4, 0.5) is 0 Å². The molecule has 3 rings (SSSR count). The molecule has 4 heteroatoms. The van der Waals surface area contributed by atoms with Crippen LogP contribution in [0.1, 0.15) is 40.0 Å². The first kappa shape index (κ1) is 11.2. The largest absolute Gasteiger partial charge is 0.431 e. The normalized spacial score (nSPS) is 46.2. The van der Waals surface area contributed by atoms with Gasteiger partial charge in [0.1, 0.15) is 29.2 Å². The summed E-state index contributed by atoms with van der Waals surface area (Å²) in [6.45, 7) is 5.62. The lowest BCUT2D eigenvalue weighted by atomic mass is 9.92. The maximum atomic E-state index is 11.1. The molecule has 0 aliphatic carbocycles. The molecular weight excluding hydrogens is 220 g/mol. The molecular formula is C13H18O4. The molecule has 3 aliphatic heterocycles. The predicted octanol–water partition coefficient (Wildman–Crippen LogP) is 1.93. The summed E-state index contributed by atoms with van der Waals surface area (Å²) in [5.41, 5.74) is -0.649. The summed E-state index contributed by atoms with van der Waals surface area (Å²) in [4.78, 5) is 11.1. The number of hydrogen-bond acceptors (Lipinski definition) is 4. The smallest absolute Gasteiger partial charge is 0.307 e. The second-order valence-corrected chi connectivity index (χ2v) is 5.19. The average molecular weight is 238 g/mol. The zero-order valence-electron chi connectivity index (χ0n) is 10.5. The molecule has 4 nitrogen and oxygen atoms in total. The van der Waals surface area contributed by atoms with E-state index < -0.39 is 0 Å². The summed E-state index contributed by atoms with van der Waals surface area (Å²) in [7, 11) is 0. The lowest BCUT2D eigenvalue weighted by molar-refractivity contribution is -0.163. The van der Waals surface area contributed by atoms with Crippen molar-refractivity contribution in [3.8, 4) is 0 Å². The molecule has 4 atom stereocenters. The molecule has 2 bridgehead atoms. The van der Waals surface area contributed by atoms with Gasteiger partial charge in [-0.05, 0) is 18.9 Å². The quantitative estimate of drug-likeness (QED) is 0.557. The zero-order valence-corrected chi connectivity index (χ0v) is 10.5. The Morgan fingerprint density at radius 2 is 2.24 bits per heavy atom. The Labute approximate surface area is 101 Å². The highest BCUT2D eigenvalue weighted by Crippen LogP contribution is 2.60. The predicted molar refractivity (Wildman–Crippen MR) is 60.3 cm³/mol. The number of ether oxygens (including phenoxy) is 3. The van der Waals surface area contributed by atoms with Gasteiger partial charge in [-0.25, -0.2) is 0 Å². The van der Waals surface area contributed by atoms with E-state index in [0.717, 1.165) is 18.6 Å². The zero-order chi connectivity index (χ0) is 12.3. The van der Waals surface area contributed by atoms with E-state index in [1.165, 1.54) is 6.92 Å². The van der Waals surface area contributed by atoms with Crippen molar-refractivity contribution >= 4 is 5.97 Å². The third-order valence-corrected chi connectivity index (χ3v) is 4.19. The summed E-state index contributed by atoms with van der Waals surface area (Å²) < 4.78 is 17.3. The molecule has 17 heavy (non-hydrogen) atoms. The summed E-state index contributed by atoms with van der Waals surface area (Å²) in [6, 6.07) is 0. The number of fused-ring (bicyclic) bond motifs is 5. The third kappa shape index (κ3) is 1.40. The van der Waals surface area contributed by atoms with Crippen molar-refractivity contribution in [1.82, 2.24) is 0 Å². The second kappa shape index (κ2) is 3.33. The van der Waals surface area contributed by atoms with Crippen molar-refractivity contribution in [2.45, 2.75) is 63.4 Å². The minimum atomic E-state index is -0.371. The van der Waals surface area contributed by atoms with Crippen LogP contribution >= 0.6 is 0 Å². The number of epoxide rings is 1. The van der Waals surface area contributed by atoms with Gasteiger partial charge in [-0.1, -0.05) is 13.8 Å². The van der Waals surface area contributed by atoms with Crippen LogP contribution in [0.15, 0.2) is 11.8 Å². The Bertz CT molecular complexity index is 402. The lowest BCUT2D eigenvalue weighted by Crippen LogP contribution is -2.45. The molecule has 2 saturated heterocycles. The monoisotopic (exact) mass is 238 g/mol. The number of rotatable bonds is 3. The van der Waals surface area contributed by atoms with Crippen molar-refractivity contribution in [1.29, 1.82) is 0 Å². The first-order chi connectivity index (χ1) is 8.05. The van der Waals surface area contributed by atoms with Gasteiger partial charge in [-0.15, -0.1) is 0 Å². The number of carbonyl (C=O) groups excluding carboxylic acids is 1.